The Morgan fingerprint density at radius 1 is 0.615 bits per heavy atom. The van der Waals surface area contributed by atoms with Crippen LogP contribution in [0.1, 0.15) is 0 Å². The minimum atomic E-state index is 0. The molecular weight excluding hydrogens is 657 g/mol. The second-order valence-electron chi connectivity index (χ2n) is 9.12. The summed E-state index contributed by atoms with van der Waals surface area (Å²) in [4.78, 5) is 9.51. The van der Waals surface area contributed by atoms with Crippen molar-refractivity contribution in [2.24, 2.45) is 0 Å². The molecule has 7 aromatic rings. The van der Waals surface area contributed by atoms with Crippen LogP contribution in [0.5, 0.6) is 0 Å². The van der Waals surface area contributed by atoms with E-state index in [0.29, 0.717) is 0 Å². The molecule has 1 radical (unpaired) electrons. The van der Waals surface area contributed by atoms with E-state index in [1.54, 1.807) is 0 Å². The van der Waals surface area contributed by atoms with Crippen LogP contribution in [-0.2, 0) is 20.1 Å². The van der Waals surface area contributed by atoms with E-state index in [1.807, 2.05) is 55.1 Å². The van der Waals surface area contributed by atoms with Crippen molar-refractivity contribution < 1.29 is 20.1 Å². The molecule has 0 bridgehead atoms. The number of hydrogen-bond donors (Lipinski definition) is 0. The molecule has 0 saturated heterocycles. The van der Waals surface area contributed by atoms with Crippen LogP contribution in [0.4, 0.5) is 0 Å². The number of benzene rings is 5. The fourth-order valence-electron chi connectivity index (χ4n) is 5.06. The maximum absolute atomic E-state index is 4.80. The van der Waals surface area contributed by atoms with Crippen molar-refractivity contribution in [2.45, 2.75) is 0 Å². The molecule has 0 amide bonds. The summed E-state index contributed by atoms with van der Waals surface area (Å²) >= 11 is 0. The monoisotopic (exact) mass is 680 g/mol. The zero-order valence-electron chi connectivity index (χ0n) is 20.9. The van der Waals surface area contributed by atoms with Crippen LogP contribution < -0.4 is 0 Å². The first-order valence-electron chi connectivity index (χ1n) is 12.6. The third-order valence-electron chi connectivity index (χ3n) is 6.84. The van der Waals surface area contributed by atoms with Gasteiger partial charge in [0.05, 0.1) is 17.8 Å². The van der Waals surface area contributed by atoms with Gasteiger partial charge in [-0.05, 0) is 28.8 Å². The van der Waals surface area contributed by atoms with E-state index in [4.69, 9.17) is 9.97 Å². The Hall–Kier alpha value is -4.57. The summed E-state index contributed by atoms with van der Waals surface area (Å²) < 4.78 is 4.26. The Labute approximate surface area is 240 Å². The van der Waals surface area contributed by atoms with Gasteiger partial charge in [0.2, 0.25) is 0 Å². The Morgan fingerprint density at radius 3 is 1.87 bits per heavy atom. The number of imidazole rings is 2. The first-order valence-corrected chi connectivity index (χ1v) is 12.6. The van der Waals surface area contributed by atoms with E-state index in [2.05, 4.69) is 100 Å². The molecule has 0 fully saturated rings. The Bertz CT molecular complexity index is 1800. The number of fused-ring (bicyclic) bond motifs is 1. The van der Waals surface area contributed by atoms with Gasteiger partial charge in [0.1, 0.15) is 0 Å². The SMILES string of the molecule is [Ir].[c-]1cc2c(cc1-c1nccn1-c1c(-c3ccccc3)cccc1-c1ccccc1)ncn2-c1ccccc1. The molecule has 0 unspecified atom stereocenters. The summed E-state index contributed by atoms with van der Waals surface area (Å²) in [7, 11) is 0. The zero-order valence-corrected chi connectivity index (χ0v) is 23.3. The van der Waals surface area contributed by atoms with E-state index in [9.17, 15) is 0 Å². The van der Waals surface area contributed by atoms with Gasteiger partial charge >= 0.3 is 0 Å². The van der Waals surface area contributed by atoms with Crippen molar-refractivity contribution >= 4 is 11.0 Å². The van der Waals surface area contributed by atoms with Gasteiger partial charge in [0.25, 0.3) is 0 Å². The average molecular weight is 680 g/mol. The second kappa shape index (κ2) is 10.7. The van der Waals surface area contributed by atoms with Crippen LogP contribution in [-0.4, -0.2) is 19.1 Å². The quantitative estimate of drug-likeness (QED) is 0.173. The van der Waals surface area contributed by atoms with Gasteiger partial charge in [-0.25, -0.2) is 0 Å². The minimum Gasteiger partial charge on any atom is -0.340 e. The van der Waals surface area contributed by atoms with Gasteiger partial charge in [0.15, 0.2) is 0 Å². The molecule has 0 spiro atoms. The molecule has 189 valence electrons. The largest absolute Gasteiger partial charge is 0.340 e. The van der Waals surface area contributed by atoms with Crippen LogP contribution in [0.15, 0.2) is 140 Å². The van der Waals surface area contributed by atoms with Crippen molar-refractivity contribution in [1.82, 2.24) is 19.1 Å². The molecule has 2 heterocycles. The van der Waals surface area contributed by atoms with E-state index in [0.717, 1.165) is 56.0 Å². The van der Waals surface area contributed by atoms with Crippen LogP contribution in [0.2, 0.25) is 0 Å². The zero-order chi connectivity index (χ0) is 25.3. The van der Waals surface area contributed by atoms with Gasteiger partial charge in [-0.2, -0.15) is 0 Å². The summed E-state index contributed by atoms with van der Waals surface area (Å²) in [5.74, 6) is 0.821. The maximum Gasteiger partial charge on any atom is 0.0899 e. The maximum atomic E-state index is 4.80. The number of para-hydroxylation sites is 2. The molecule has 2 aromatic heterocycles. The molecule has 5 aromatic carbocycles. The fourth-order valence-corrected chi connectivity index (χ4v) is 5.06. The van der Waals surface area contributed by atoms with Crippen LogP contribution in [0.3, 0.4) is 0 Å². The smallest absolute Gasteiger partial charge is 0.0899 e. The number of hydrogen-bond acceptors (Lipinski definition) is 2. The predicted octanol–water partition coefficient (Wildman–Crippen LogP) is 8.01. The Kier molecular flexibility index (Phi) is 6.76. The third-order valence-corrected chi connectivity index (χ3v) is 6.84. The number of rotatable bonds is 5. The molecule has 7 rings (SSSR count). The standard InChI is InChI=1S/C34H23N4.Ir/c1-4-11-25(12-5-1)29-17-10-18-30(26-13-6-2-7-14-26)33(29)37-22-21-35-34(37)27-19-20-32-31(23-27)36-24-38(32)28-15-8-3-9-16-28;/h1-18,20-24H;/q-1;. The molecule has 0 aliphatic rings. The van der Waals surface area contributed by atoms with Crippen LogP contribution >= 0.6 is 0 Å². The average Bonchev–Trinajstić information content (AvgIpc) is 3.65. The van der Waals surface area contributed by atoms with E-state index in [1.165, 1.54) is 0 Å². The second-order valence-corrected chi connectivity index (χ2v) is 9.12. The van der Waals surface area contributed by atoms with E-state index >= 15 is 0 Å². The fraction of sp³-hybridized carbons (Fsp3) is 0. The van der Waals surface area contributed by atoms with Crippen LogP contribution in [0.25, 0.3) is 56.0 Å². The number of nitrogens with zero attached hydrogens (tertiary/aromatic N) is 4. The molecule has 0 saturated carbocycles. The molecule has 0 atom stereocenters. The van der Waals surface area contributed by atoms with Crippen molar-refractivity contribution in [3.63, 3.8) is 0 Å². The summed E-state index contributed by atoms with van der Waals surface area (Å²) in [5, 5.41) is 0. The van der Waals surface area contributed by atoms with Gasteiger partial charge in [-0.15, -0.1) is 23.8 Å². The number of aromatic nitrogens is 4. The molecule has 0 aliphatic carbocycles. The minimum absolute atomic E-state index is 0. The van der Waals surface area contributed by atoms with Crippen molar-refractivity contribution in [2.75, 3.05) is 0 Å². The Balaban J connectivity index is 0.00000277. The van der Waals surface area contributed by atoms with Gasteiger partial charge in [0, 0.05) is 54.8 Å². The third kappa shape index (κ3) is 4.52. The molecule has 0 N–H and O–H groups in total. The predicted molar refractivity (Wildman–Crippen MR) is 153 cm³/mol. The molecule has 4 nitrogen and oxygen atoms in total. The van der Waals surface area contributed by atoms with Gasteiger partial charge in [-0.3, -0.25) is 9.97 Å². The molecule has 5 heteroatoms. The summed E-state index contributed by atoms with van der Waals surface area (Å²) in [6.07, 6.45) is 5.75. The normalized spacial score (nSPS) is 10.9. The summed E-state index contributed by atoms with van der Waals surface area (Å²) in [6, 6.07) is 45.3. The first kappa shape index (κ1) is 24.7. The van der Waals surface area contributed by atoms with E-state index < -0.39 is 0 Å². The van der Waals surface area contributed by atoms with E-state index in [-0.39, 0.29) is 20.1 Å². The topological polar surface area (TPSA) is 35.6 Å². The first-order chi connectivity index (χ1) is 18.9. The van der Waals surface area contributed by atoms with Crippen LogP contribution in [0, 0.1) is 6.07 Å². The van der Waals surface area contributed by atoms with Gasteiger partial charge in [-0.1, -0.05) is 97.1 Å². The van der Waals surface area contributed by atoms with Crippen molar-refractivity contribution in [3.8, 4) is 45.0 Å². The van der Waals surface area contributed by atoms with Crippen molar-refractivity contribution in [1.29, 1.82) is 0 Å². The molecular formula is C34H23IrN4-. The van der Waals surface area contributed by atoms with Gasteiger partial charge < -0.3 is 9.13 Å². The van der Waals surface area contributed by atoms with Crippen molar-refractivity contribution in [3.05, 3.63) is 146 Å². The summed E-state index contributed by atoms with van der Waals surface area (Å²) in [5.41, 5.74) is 9.54. The molecule has 0 aliphatic heterocycles. The summed E-state index contributed by atoms with van der Waals surface area (Å²) in [6.45, 7) is 0. The molecule has 39 heavy (non-hydrogen) atoms. The Morgan fingerprint density at radius 2 is 1.23 bits per heavy atom.